The zero-order chi connectivity index (χ0) is 13.7. The molecule has 18 heavy (non-hydrogen) atoms. The van der Waals surface area contributed by atoms with Gasteiger partial charge in [-0.15, -0.1) is 0 Å². The minimum atomic E-state index is -0.651. The van der Waals surface area contributed by atoms with Gasteiger partial charge in [0, 0.05) is 17.9 Å². The first-order valence-corrected chi connectivity index (χ1v) is 6.53. The Morgan fingerprint density at radius 2 is 2.00 bits per heavy atom. The molecule has 1 aromatic rings. The highest BCUT2D eigenvalue weighted by atomic mass is 32.2. The van der Waals surface area contributed by atoms with E-state index < -0.39 is 9.85 Å². The smallest absolute Gasteiger partial charge is 0.299 e. The van der Waals surface area contributed by atoms with Crippen molar-refractivity contribution >= 4 is 28.8 Å². The van der Waals surface area contributed by atoms with E-state index in [1.165, 1.54) is 12.1 Å². The number of benzene rings is 1. The first-order valence-electron chi connectivity index (χ1n) is 5.14. The van der Waals surface area contributed by atoms with Crippen molar-refractivity contribution in [3.63, 3.8) is 0 Å². The van der Waals surface area contributed by atoms with E-state index >= 15 is 0 Å². The largest absolute Gasteiger partial charge is 0.376 e. The van der Waals surface area contributed by atoms with E-state index in [-0.39, 0.29) is 17.4 Å². The topological polar surface area (TPSA) is 98.3 Å². The number of nitrogens with zero attached hydrogens (tertiary/aromatic N) is 2. The van der Waals surface area contributed by atoms with Crippen LogP contribution >= 0.6 is 11.8 Å². The Morgan fingerprint density at radius 1 is 1.33 bits per heavy atom. The standard InChI is InChI=1S/C10H13N3O4S/c1-7(6-18-2)11-9-4-3-8(12(14)15)5-10(9)13(16)17/h3-5,7,11H,6H2,1-2H3. The minimum Gasteiger partial charge on any atom is -0.376 e. The SMILES string of the molecule is CSCC(C)Nc1ccc([N+](=O)[O-])cc1[N+](=O)[O-]. The summed E-state index contributed by atoms with van der Waals surface area (Å²) in [6.07, 6.45) is 1.93. The number of nitro groups is 2. The van der Waals surface area contributed by atoms with Gasteiger partial charge in [-0.25, -0.2) is 0 Å². The number of nitrogens with one attached hydrogen (secondary N) is 1. The van der Waals surface area contributed by atoms with Crippen LogP contribution in [0.2, 0.25) is 0 Å². The van der Waals surface area contributed by atoms with Crippen molar-refractivity contribution in [3.8, 4) is 0 Å². The molecule has 0 aromatic heterocycles. The summed E-state index contributed by atoms with van der Waals surface area (Å²) in [6, 6.07) is 3.63. The van der Waals surface area contributed by atoms with Crippen LogP contribution in [0.4, 0.5) is 17.1 Å². The third-order valence-corrected chi connectivity index (χ3v) is 3.04. The number of nitro benzene ring substituents is 2. The second kappa shape index (κ2) is 6.20. The molecule has 0 spiro atoms. The Kier molecular flexibility index (Phi) is 4.90. The van der Waals surface area contributed by atoms with Crippen molar-refractivity contribution in [2.75, 3.05) is 17.3 Å². The quantitative estimate of drug-likeness (QED) is 0.630. The summed E-state index contributed by atoms with van der Waals surface area (Å²) in [6.45, 7) is 1.89. The maximum atomic E-state index is 10.9. The highest BCUT2D eigenvalue weighted by molar-refractivity contribution is 7.98. The summed E-state index contributed by atoms with van der Waals surface area (Å²) < 4.78 is 0. The van der Waals surface area contributed by atoms with Gasteiger partial charge < -0.3 is 5.32 Å². The Bertz CT molecular complexity index is 466. The van der Waals surface area contributed by atoms with Gasteiger partial charge in [0.25, 0.3) is 11.4 Å². The minimum absolute atomic E-state index is 0.0418. The zero-order valence-corrected chi connectivity index (χ0v) is 10.8. The molecule has 0 amide bonds. The lowest BCUT2D eigenvalue weighted by atomic mass is 10.2. The molecular weight excluding hydrogens is 258 g/mol. The third kappa shape index (κ3) is 3.59. The van der Waals surface area contributed by atoms with Crippen LogP contribution in [0, 0.1) is 20.2 Å². The Labute approximate surface area is 108 Å². The van der Waals surface area contributed by atoms with Crippen LogP contribution in [0.1, 0.15) is 6.92 Å². The second-order valence-electron chi connectivity index (χ2n) is 3.72. The van der Waals surface area contributed by atoms with Crippen LogP contribution in [0.25, 0.3) is 0 Å². The van der Waals surface area contributed by atoms with Crippen molar-refractivity contribution in [2.24, 2.45) is 0 Å². The summed E-state index contributed by atoms with van der Waals surface area (Å²) in [5, 5.41) is 24.4. The molecule has 8 heteroatoms. The number of thioether (sulfide) groups is 1. The Morgan fingerprint density at radius 3 is 2.50 bits per heavy atom. The first kappa shape index (κ1) is 14.2. The van der Waals surface area contributed by atoms with Crippen LogP contribution < -0.4 is 5.32 Å². The molecule has 0 aliphatic heterocycles. The Balaban J connectivity index is 3.04. The molecule has 1 unspecified atom stereocenters. The van der Waals surface area contributed by atoms with Crippen LogP contribution in [-0.4, -0.2) is 27.9 Å². The van der Waals surface area contributed by atoms with Crippen molar-refractivity contribution in [1.82, 2.24) is 0 Å². The number of hydrogen-bond donors (Lipinski definition) is 1. The van der Waals surface area contributed by atoms with E-state index in [1.807, 2.05) is 13.2 Å². The highest BCUT2D eigenvalue weighted by Crippen LogP contribution is 2.29. The lowest BCUT2D eigenvalue weighted by Gasteiger charge is -2.13. The molecule has 0 heterocycles. The lowest BCUT2D eigenvalue weighted by Crippen LogP contribution is -2.18. The third-order valence-electron chi connectivity index (χ3n) is 2.21. The van der Waals surface area contributed by atoms with E-state index in [4.69, 9.17) is 0 Å². The molecule has 0 radical (unpaired) electrons. The van der Waals surface area contributed by atoms with Crippen molar-refractivity contribution in [3.05, 3.63) is 38.4 Å². The number of non-ortho nitro benzene ring substituents is 1. The van der Waals surface area contributed by atoms with E-state index in [0.29, 0.717) is 5.69 Å². The summed E-state index contributed by atoms with van der Waals surface area (Å²) in [7, 11) is 0. The van der Waals surface area contributed by atoms with Gasteiger partial charge in [-0.2, -0.15) is 11.8 Å². The first-order chi connectivity index (χ1) is 8.45. The van der Waals surface area contributed by atoms with Gasteiger partial charge in [-0.1, -0.05) is 0 Å². The molecule has 98 valence electrons. The number of anilines is 1. The van der Waals surface area contributed by atoms with Gasteiger partial charge in [-0.3, -0.25) is 20.2 Å². The van der Waals surface area contributed by atoms with Crippen LogP contribution in [0.15, 0.2) is 18.2 Å². The van der Waals surface area contributed by atoms with Gasteiger partial charge in [0.2, 0.25) is 0 Å². The van der Waals surface area contributed by atoms with E-state index in [1.54, 1.807) is 11.8 Å². The van der Waals surface area contributed by atoms with E-state index in [2.05, 4.69) is 5.32 Å². The predicted molar refractivity (Wildman–Crippen MR) is 71.2 cm³/mol. The Hall–Kier alpha value is -1.83. The van der Waals surface area contributed by atoms with Gasteiger partial charge >= 0.3 is 0 Å². The zero-order valence-electron chi connectivity index (χ0n) is 9.95. The monoisotopic (exact) mass is 271 g/mol. The average Bonchev–Trinajstić information content (AvgIpc) is 2.29. The lowest BCUT2D eigenvalue weighted by molar-refractivity contribution is -0.393. The summed E-state index contributed by atoms with van der Waals surface area (Å²) in [5.74, 6) is 0.786. The average molecular weight is 271 g/mol. The molecule has 1 atom stereocenters. The highest BCUT2D eigenvalue weighted by Gasteiger charge is 2.20. The normalized spacial score (nSPS) is 11.9. The molecule has 7 nitrogen and oxygen atoms in total. The fraction of sp³-hybridized carbons (Fsp3) is 0.400. The van der Waals surface area contributed by atoms with E-state index in [9.17, 15) is 20.2 Å². The molecule has 0 fully saturated rings. The van der Waals surface area contributed by atoms with Crippen LogP contribution in [0.3, 0.4) is 0 Å². The van der Waals surface area contributed by atoms with Gasteiger partial charge in [0.05, 0.1) is 15.9 Å². The predicted octanol–water partition coefficient (Wildman–Crippen LogP) is 2.67. The molecule has 1 rings (SSSR count). The van der Waals surface area contributed by atoms with Crippen LogP contribution in [-0.2, 0) is 0 Å². The van der Waals surface area contributed by atoms with Gasteiger partial charge in [0.1, 0.15) is 5.69 Å². The van der Waals surface area contributed by atoms with Gasteiger partial charge in [0.15, 0.2) is 0 Å². The fourth-order valence-electron chi connectivity index (χ4n) is 1.46. The number of rotatable bonds is 6. The maximum absolute atomic E-state index is 10.9. The van der Waals surface area contributed by atoms with Crippen molar-refractivity contribution in [1.29, 1.82) is 0 Å². The number of hydrogen-bond acceptors (Lipinski definition) is 6. The van der Waals surface area contributed by atoms with E-state index in [0.717, 1.165) is 11.8 Å². The molecule has 0 saturated carbocycles. The summed E-state index contributed by atoms with van der Waals surface area (Å²) in [4.78, 5) is 20.2. The molecule has 1 N–H and O–H groups in total. The molecule has 0 bridgehead atoms. The fourth-order valence-corrected chi connectivity index (χ4v) is 2.05. The van der Waals surface area contributed by atoms with Crippen molar-refractivity contribution < 1.29 is 9.85 Å². The van der Waals surface area contributed by atoms with Crippen molar-refractivity contribution in [2.45, 2.75) is 13.0 Å². The summed E-state index contributed by atoms with van der Waals surface area (Å²) in [5.41, 5.74) is -0.269. The maximum Gasteiger partial charge on any atom is 0.299 e. The van der Waals surface area contributed by atoms with Crippen LogP contribution in [0.5, 0.6) is 0 Å². The molecular formula is C10H13N3O4S. The second-order valence-corrected chi connectivity index (χ2v) is 4.63. The molecule has 0 saturated heterocycles. The summed E-state index contributed by atoms with van der Waals surface area (Å²) >= 11 is 1.61. The van der Waals surface area contributed by atoms with Gasteiger partial charge in [-0.05, 0) is 19.2 Å². The molecule has 0 aliphatic rings. The molecule has 0 aliphatic carbocycles. The molecule has 1 aromatic carbocycles.